The number of benzene rings is 1. The van der Waals surface area contributed by atoms with Gasteiger partial charge in [0, 0.05) is 12.5 Å². The fraction of sp³-hybridized carbons (Fsp3) is 0.611. The van der Waals surface area contributed by atoms with Crippen molar-refractivity contribution < 1.29 is 0 Å². The van der Waals surface area contributed by atoms with Gasteiger partial charge in [0.15, 0.2) is 0 Å². The summed E-state index contributed by atoms with van der Waals surface area (Å²) in [4.78, 5) is 8.33. The van der Waals surface area contributed by atoms with Gasteiger partial charge in [-0.15, -0.1) is 0 Å². The SMILES string of the molecule is CCCCC1CCC(c2nc3ccc(CN)cc3[nH]2)CC1. The third-order valence-corrected chi connectivity index (χ3v) is 5.00. The van der Waals surface area contributed by atoms with Gasteiger partial charge in [0.25, 0.3) is 0 Å². The second kappa shape index (κ2) is 6.61. The number of hydrogen-bond acceptors (Lipinski definition) is 2. The molecule has 2 aromatic rings. The minimum atomic E-state index is 0.590. The molecule has 1 aliphatic carbocycles. The minimum Gasteiger partial charge on any atom is -0.342 e. The lowest BCUT2D eigenvalue weighted by Gasteiger charge is -2.27. The summed E-state index contributed by atoms with van der Waals surface area (Å²) in [5, 5.41) is 0. The van der Waals surface area contributed by atoms with Crippen LogP contribution in [0.4, 0.5) is 0 Å². The number of unbranched alkanes of at least 4 members (excludes halogenated alkanes) is 1. The molecule has 0 unspecified atom stereocenters. The number of fused-ring (bicyclic) bond motifs is 1. The summed E-state index contributed by atoms with van der Waals surface area (Å²) in [6, 6.07) is 6.30. The number of nitrogens with zero attached hydrogens (tertiary/aromatic N) is 1. The number of nitrogens with two attached hydrogens (primary N) is 1. The molecule has 1 saturated carbocycles. The Morgan fingerprint density at radius 1 is 1.24 bits per heavy atom. The monoisotopic (exact) mass is 285 g/mol. The minimum absolute atomic E-state index is 0.590. The molecule has 1 aliphatic rings. The molecule has 0 bridgehead atoms. The van der Waals surface area contributed by atoms with Crippen LogP contribution in [0.2, 0.25) is 0 Å². The zero-order chi connectivity index (χ0) is 14.7. The molecule has 1 aromatic heterocycles. The van der Waals surface area contributed by atoms with E-state index in [0.717, 1.165) is 17.0 Å². The summed E-state index contributed by atoms with van der Waals surface area (Å²) < 4.78 is 0. The second-order valence-electron chi connectivity index (χ2n) is 6.54. The zero-order valence-electron chi connectivity index (χ0n) is 13.1. The Balaban J connectivity index is 1.67. The Morgan fingerprint density at radius 2 is 2.05 bits per heavy atom. The average Bonchev–Trinajstić information content (AvgIpc) is 2.96. The molecule has 0 aliphatic heterocycles. The Bertz CT molecular complexity index is 579. The summed E-state index contributed by atoms with van der Waals surface area (Å²) in [5.41, 5.74) is 9.10. The van der Waals surface area contributed by atoms with E-state index in [4.69, 9.17) is 10.7 Å². The molecule has 1 aromatic carbocycles. The highest BCUT2D eigenvalue weighted by molar-refractivity contribution is 5.76. The van der Waals surface area contributed by atoms with Gasteiger partial charge in [-0.05, 0) is 49.3 Å². The number of nitrogens with one attached hydrogen (secondary N) is 1. The number of aromatic nitrogens is 2. The number of hydrogen-bond donors (Lipinski definition) is 2. The Morgan fingerprint density at radius 3 is 2.76 bits per heavy atom. The largest absolute Gasteiger partial charge is 0.342 e. The molecule has 0 atom stereocenters. The van der Waals surface area contributed by atoms with Crippen LogP contribution in [0.3, 0.4) is 0 Å². The van der Waals surface area contributed by atoms with Crippen molar-refractivity contribution in [3.63, 3.8) is 0 Å². The van der Waals surface area contributed by atoms with Gasteiger partial charge < -0.3 is 10.7 Å². The quantitative estimate of drug-likeness (QED) is 0.850. The van der Waals surface area contributed by atoms with Crippen molar-refractivity contribution in [3.8, 4) is 0 Å². The van der Waals surface area contributed by atoms with Crippen molar-refractivity contribution in [1.29, 1.82) is 0 Å². The van der Waals surface area contributed by atoms with Crippen molar-refractivity contribution in [3.05, 3.63) is 29.6 Å². The van der Waals surface area contributed by atoms with E-state index < -0.39 is 0 Å². The summed E-state index contributed by atoms with van der Waals surface area (Å²) >= 11 is 0. The molecule has 0 spiro atoms. The van der Waals surface area contributed by atoms with E-state index in [9.17, 15) is 0 Å². The molecule has 3 nitrogen and oxygen atoms in total. The molecule has 1 heterocycles. The predicted octanol–water partition coefficient (Wildman–Crippen LogP) is 4.49. The van der Waals surface area contributed by atoms with Crippen LogP contribution in [0.1, 0.15) is 69.2 Å². The molecule has 1 fully saturated rings. The van der Waals surface area contributed by atoms with E-state index in [-0.39, 0.29) is 0 Å². The van der Waals surface area contributed by atoms with E-state index in [1.165, 1.54) is 56.3 Å². The first-order valence-corrected chi connectivity index (χ1v) is 8.48. The summed E-state index contributed by atoms with van der Waals surface area (Å²) in [5.74, 6) is 2.76. The van der Waals surface area contributed by atoms with Crippen LogP contribution < -0.4 is 5.73 Å². The van der Waals surface area contributed by atoms with Crippen molar-refractivity contribution >= 4 is 11.0 Å². The molecule has 0 amide bonds. The standard InChI is InChI=1S/C18H27N3/c1-2-3-4-13-5-8-15(9-6-13)18-20-16-10-7-14(12-19)11-17(16)21-18/h7,10-11,13,15H,2-6,8-9,12,19H2,1H3,(H,20,21). The number of H-pyrrole nitrogens is 1. The van der Waals surface area contributed by atoms with Gasteiger partial charge in [-0.3, -0.25) is 0 Å². The Kier molecular flexibility index (Phi) is 4.59. The van der Waals surface area contributed by atoms with Crippen LogP contribution in [0.25, 0.3) is 11.0 Å². The first-order valence-electron chi connectivity index (χ1n) is 8.48. The van der Waals surface area contributed by atoms with Crippen molar-refractivity contribution in [2.45, 2.75) is 64.3 Å². The van der Waals surface area contributed by atoms with Crippen LogP contribution in [0, 0.1) is 5.92 Å². The second-order valence-corrected chi connectivity index (χ2v) is 6.54. The van der Waals surface area contributed by atoms with E-state index in [1.54, 1.807) is 0 Å². The highest BCUT2D eigenvalue weighted by atomic mass is 14.9. The lowest BCUT2D eigenvalue weighted by Crippen LogP contribution is -2.14. The van der Waals surface area contributed by atoms with Crippen molar-refractivity contribution in [2.75, 3.05) is 0 Å². The van der Waals surface area contributed by atoms with Crippen LogP contribution in [0.15, 0.2) is 18.2 Å². The lowest BCUT2D eigenvalue weighted by atomic mass is 9.79. The third-order valence-electron chi connectivity index (χ3n) is 5.00. The van der Waals surface area contributed by atoms with Gasteiger partial charge in [0.05, 0.1) is 11.0 Å². The Hall–Kier alpha value is -1.35. The van der Waals surface area contributed by atoms with E-state index in [2.05, 4.69) is 30.1 Å². The molecule has 3 rings (SSSR count). The zero-order valence-corrected chi connectivity index (χ0v) is 13.1. The predicted molar refractivity (Wildman–Crippen MR) is 88.2 cm³/mol. The maximum Gasteiger partial charge on any atom is 0.110 e. The highest BCUT2D eigenvalue weighted by Crippen LogP contribution is 2.37. The molecule has 0 radical (unpaired) electrons. The Labute approximate surface area is 127 Å². The van der Waals surface area contributed by atoms with Gasteiger partial charge in [-0.1, -0.05) is 32.3 Å². The number of rotatable bonds is 5. The number of imidazole rings is 1. The maximum atomic E-state index is 5.71. The van der Waals surface area contributed by atoms with Gasteiger partial charge in [-0.2, -0.15) is 0 Å². The molecule has 0 saturated heterocycles. The molecule has 3 heteroatoms. The average molecular weight is 285 g/mol. The molecule has 21 heavy (non-hydrogen) atoms. The van der Waals surface area contributed by atoms with Gasteiger partial charge in [-0.25, -0.2) is 4.98 Å². The highest BCUT2D eigenvalue weighted by Gasteiger charge is 2.24. The molecule has 114 valence electrons. The number of aromatic amines is 1. The first-order chi connectivity index (χ1) is 10.3. The summed E-state index contributed by atoms with van der Waals surface area (Å²) in [7, 11) is 0. The fourth-order valence-corrected chi connectivity index (χ4v) is 3.61. The van der Waals surface area contributed by atoms with Crippen LogP contribution in [0.5, 0.6) is 0 Å². The van der Waals surface area contributed by atoms with Gasteiger partial charge in [0.1, 0.15) is 5.82 Å². The van der Waals surface area contributed by atoms with E-state index in [0.29, 0.717) is 12.5 Å². The van der Waals surface area contributed by atoms with Gasteiger partial charge >= 0.3 is 0 Å². The molecular formula is C18H27N3. The maximum absolute atomic E-state index is 5.71. The van der Waals surface area contributed by atoms with Crippen LogP contribution in [-0.2, 0) is 6.54 Å². The molecule has 3 N–H and O–H groups in total. The van der Waals surface area contributed by atoms with E-state index in [1.807, 2.05) is 0 Å². The normalized spacial score (nSPS) is 22.8. The van der Waals surface area contributed by atoms with Gasteiger partial charge in [0.2, 0.25) is 0 Å². The topological polar surface area (TPSA) is 54.7 Å². The van der Waals surface area contributed by atoms with Crippen LogP contribution in [-0.4, -0.2) is 9.97 Å². The van der Waals surface area contributed by atoms with Crippen molar-refractivity contribution in [2.24, 2.45) is 11.7 Å². The third kappa shape index (κ3) is 3.29. The van der Waals surface area contributed by atoms with Crippen molar-refractivity contribution in [1.82, 2.24) is 9.97 Å². The smallest absolute Gasteiger partial charge is 0.110 e. The summed E-state index contributed by atoms with van der Waals surface area (Å²) in [6.45, 7) is 2.88. The lowest BCUT2D eigenvalue weighted by molar-refractivity contribution is 0.299. The summed E-state index contributed by atoms with van der Waals surface area (Å²) in [6.07, 6.45) is 9.46. The first kappa shape index (κ1) is 14.6. The van der Waals surface area contributed by atoms with Crippen LogP contribution >= 0.6 is 0 Å². The fourth-order valence-electron chi connectivity index (χ4n) is 3.61. The van der Waals surface area contributed by atoms with E-state index >= 15 is 0 Å². The molecular weight excluding hydrogens is 258 g/mol.